The molecule has 0 saturated carbocycles. The number of carbonyl (C=O) groups is 1. The first kappa shape index (κ1) is 25.2. The lowest BCUT2D eigenvalue weighted by Crippen LogP contribution is -2.39. The van der Waals surface area contributed by atoms with Crippen LogP contribution >= 0.6 is 24.8 Å². The Bertz CT molecular complexity index is 566. The molecule has 0 aliphatic carbocycles. The molecule has 6 heteroatoms. The number of amides is 1. The van der Waals surface area contributed by atoms with Gasteiger partial charge in [-0.2, -0.15) is 0 Å². The van der Waals surface area contributed by atoms with Gasteiger partial charge in [0.25, 0.3) is 0 Å². The van der Waals surface area contributed by atoms with E-state index < -0.39 is 0 Å². The molecule has 2 aliphatic rings. The number of nitrogens with one attached hydrogen (secondary N) is 1. The van der Waals surface area contributed by atoms with Crippen LogP contribution in [0.5, 0.6) is 0 Å². The van der Waals surface area contributed by atoms with Gasteiger partial charge in [0.1, 0.15) is 0 Å². The number of nitrogens with zero attached hydrogens (tertiary/aromatic N) is 2. The van der Waals surface area contributed by atoms with Gasteiger partial charge in [0.15, 0.2) is 0 Å². The summed E-state index contributed by atoms with van der Waals surface area (Å²) in [7, 11) is 0. The molecule has 1 aromatic rings. The predicted molar refractivity (Wildman–Crippen MR) is 121 cm³/mol. The summed E-state index contributed by atoms with van der Waals surface area (Å²) in [5, 5.41) is 3.48. The molecule has 28 heavy (non-hydrogen) atoms. The Kier molecular flexibility index (Phi) is 11.4. The van der Waals surface area contributed by atoms with E-state index in [0.29, 0.717) is 30.2 Å². The molecule has 2 saturated heterocycles. The molecule has 160 valence electrons. The summed E-state index contributed by atoms with van der Waals surface area (Å²) in [4.78, 5) is 17.5. The number of piperidine rings is 1. The number of benzene rings is 1. The molecule has 0 radical (unpaired) electrons. The van der Waals surface area contributed by atoms with Crippen molar-refractivity contribution in [3.63, 3.8) is 0 Å². The van der Waals surface area contributed by atoms with Crippen molar-refractivity contribution in [3.05, 3.63) is 35.9 Å². The normalized spacial score (nSPS) is 24.4. The second-order valence-electron chi connectivity index (χ2n) is 8.26. The van der Waals surface area contributed by atoms with Gasteiger partial charge in [-0.15, -0.1) is 24.8 Å². The summed E-state index contributed by atoms with van der Waals surface area (Å²) >= 11 is 0. The Morgan fingerprint density at radius 3 is 2.57 bits per heavy atom. The van der Waals surface area contributed by atoms with Crippen molar-refractivity contribution < 1.29 is 4.79 Å². The fourth-order valence-corrected chi connectivity index (χ4v) is 4.34. The van der Waals surface area contributed by atoms with Gasteiger partial charge in [0.05, 0.1) is 0 Å². The molecule has 3 unspecified atom stereocenters. The van der Waals surface area contributed by atoms with Crippen LogP contribution in [-0.4, -0.2) is 54.5 Å². The van der Waals surface area contributed by atoms with Crippen molar-refractivity contribution in [1.82, 2.24) is 15.1 Å². The standard InChI is InChI=1S/C22H35N3O.2ClH/c1-18(21-9-6-11-23-16-21)15-22(26)24-12-10-19(2)25(14-13-24)17-20-7-4-3-5-8-20;;/h3-5,7-8,18-19,21,23H,6,9-17H2,1-2H3;2*1H. The van der Waals surface area contributed by atoms with Crippen LogP contribution < -0.4 is 5.32 Å². The number of halogens is 2. The second-order valence-corrected chi connectivity index (χ2v) is 8.26. The highest BCUT2D eigenvalue weighted by Crippen LogP contribution is 2.24. The van der Waals surface area contributed by atoms with Gasteiger partial charge in [-0.3, -0.25) is 9.69 Å². The maximum Gasteiger partial charge on any atom is 0.222 e. The molecule has 1 amide bonds. The lowest BCUT2D eigenvalue weighted by Gasteiger charge is -2.30. The molecule has 3 atom stereocenters. The summed E-state index contributed by atoms with van der Waals surface area (Å²) in [5.41, 5.74) is 1.36. The quantitative estimate of drug-likeness (QED) is 0.768. The van der Waals surface area contributed by atoms with E-state index >= 15 is 0 Å². The highest BCUT2D eigenvalue weighted by atomic mass is 35.5. The van der Waals surface area contributed by atoms with Crippen LogP contribution in [0.4, 0.5) is 0 Å². The zero-order valence-corrected chi connectivity index (χ0v) is 18.9. The summed E-state index contributed by atoms with van der Waals surface area (Å²) in [6.45, 7) is 10.5. The maximum absolute atomic E-state index is 12.9. The van der Waals surface area contributed by atoms with Crippen molar-refractivity contribution in [2.24, 2.45) is 11.8 Å². The highest BCUT2D eigenvalue weighted by molar-refractivity contribution is 5.85. The van der Waals surface area contributed by atoms with Crippen LogP contribution in [0.15, 0.2) is 30.3 Å². The molecule has 4 nitrogen and oxygen atoms in total. The Morgan fingerprint density at radius 2 is 1.89 bits per heavy atom. The molecule has 2 heterocycles. The summed E-state index contributed by atoms with van der Waals surface area (Å²) < 4.78 is 0. The van der Waals surface area contributed by atoms with E-state index in [4.69, 9.17) is 0 Å². The number of rotatable bonds is 5. The Labute approximate surface area is 183 Å². The highest BCUT2D eigenvalue weighted by Gasteiger charge is 2.27. The van der Waals surface area contributed by atoms with Crippen LogP contribution in [0.2, 0.25) is 0 Å². The van der Waals surface area contributed by atoms with Gasteiger partial charge >= 0.3 is 0 Å². The van der Waals surface area contributed by atoms with Crippen molar-refractivity contribution >= 4 is 30.7 Å². The molecule has 0 spiro atoms. The number of carbonyl (C=O) groups excluding carboxylic acids is 1. The first-order valence-electron chi connectivity index (χ1n) is 10.4. The van der Waals surface area contributed by atoms with Crippen LogP contribution in [0, 0.1) is 11.8 Å². The van der Waals surface area contributed by atoms with Gasteiger partial charge in [0, 0.05) is 38.6 Å². The summed E-state index contributed by atoms with van der Waals surface area (Å²) in [5.74, 6) is 1.50. The smallest absolute Gasteiger partial charge is 0.222 e. The largest absolute Gasteiger partial charge is 0.341 e. The minimum Gasteiger partial charge on any atom is -0.341 e. The topological polar surface area (TPSA) is 35.6 Å². The summed E-state index contributed by atoms with van der Waals surface area (Å²) in [6.07, 6.45) is 4.29. The monoisotopic (exact) mass is 429 g/mol. The maximum atomic E-state index is 12.9. The molecule has 2 aliphatic heterocycles. The molecule has 1 aromatic carbocycles. The number of hydrogen-bond donors (Lipinski definition) is 1. The van der Waals surface area contributed by atoms with Crippen LogP contribution in [0.1, 0.15) is 45.1 Å². The average molecular weight is 430 g/mol. The van der Waals surface area contributed by atoms with E-state index in [1.165, 1.54) is 18.4 Å². The van der Waals surface area contributed by atoms with Gasteiger partial charge in [-0.1, -0.05) is 37.3 Å². The molecule has 0 aromatic heterocycles. The summed E-state index contributed by atoms with van der Waals surface area (Å²) in [6, 6.07) is 11.2. The van der Waals surface area contributed by atoms with Crippen molar-refractivity contribution in [1.29, 1.82) is 0 Å². The number of hydrogen-bond acceptors (Lipinski definition) is 3. The van der Waals surface area contributed by atoms with Crippen LogP contribution in [-0.2, 0) is 11.3 Å². The van der Waals surface area contributed by atoms with Gasteiger partial charge in [-0.05, 0) is 56.7 Å². The Morgan fingerprint density at radius 1 is 1.14 bits per heavy atom. The SMILES string of the molecule is CC(CC(=O)N1CCC(C)N(Cc2ccccc2)CC1)C1CCCNC1.Cl.Cl. The lowest BCUT2D eigenvalue weighted by molar-refractivity contribution is -0.132. The van der Waals surface area contributed by atoms with E-state index in [0.717, 1.165) is 45.7 Å². The van der Waals surface area contributed by atoms with Crippen molar-refractivity contribution in [2.75, 3.05) is 32.7 Å². The van der Waals surface area contributed by atoms with E-state index in [-0.39, 0.29) is 24.8 Å². The van der Waals surface area contributed by atoms with Crippen molar-refractivity contribution in [2.45, 2.75) is 52.1 Å². The molecular formula is C22H37Cl2N3O. The molecular weight excluding hydrogens is 393 g/mol. The van der Waals surface area contributed by atoms with E-state index in [2.05, 4.69) is 59.3 Å². The molecule has 3 rings (SSSR count). The first-order valence-corrected chi connectivity index (χ1v) is 10.4. The van der Waals surface area contributed by atoms with Crippen LogP contribution in [0.25, 0.3) is 0 Å². The van der Waals surface area contributed by atoms with Gasteiger partial charge in [0.2, 0.25) is 5.91 Å². The fourth-order valence-electron chi connectivity index (χ4n) is 4.34. The molecule has 1 N–H and O–H groups in total. The van der Waals surface area contributed by atoms with E-state index in [1.807, 2.05) is 0 Å². The average Bonchev–Trinajstić information content (AvgIpc) is 2.85. The zero-order valence-electron chi connectivity index (χ0n) is 17.3. The van der Waals surface area contributed by atoms with E-state index in [9.17, 15) is 4.79 Å². The van der Waals surface area contributed by atoms with E-state index in [1.54, 1.807) is 0 Å². The van der Waals surface area contributed by atoms with Gasteiger partial charge in [-0.25, -0.2) is 0 Å². The minimum atomic E-state index is 0. The molecule has 2 fully saturated rings. The fraction of sp³-hybridized carbons (Fsp3) is 0.682. The zero-order chi connectivity index (χ0) is 18.4. The first-order chi connectivity index (χ1) is 12.6. The van der Waals surface area contributed by atoms with Crippen LogP contribution in [0.3, 0.4) is 0 Å². The lowest BCUT2D eigenvalue weighted by atomic mass is 9.85. The Hall–Kier alpha value is -0.810. The Balaban J connectivity index is 0.00000196. The molecule has 0 bridgehead atoms. The third kappa shape index (κ3) is 7.22. The predicted octanol–water partition coefficient (Wildman–Crippen LogP) is 3.98. The third-order valence-electron chi connectivity index (χ3n) is 6.31. The van der Waals surface area contributed by atoms with Gasteiger partial charge < -0.3 is 10.2 Å². The second kappa shape index (κ2) is 12.7. The van der Waals surface area contributed by atoms with Crippen molar-refractivity contribution in [3.8, 4) is 0 Å². The third-order valence-corrected chi connectivity index (χ3v) is 6.31. The minimum absolute atomic E-state index is 0.